The van der Waals surface area contributed by atoms with Crippen LogP contribution < -0.4 is 0 Å². The van der Waals surface area contributed by atoms with Crippen molar-refractivity contribution in [2.75, 3.05) is 13.2 Å². The number of nitrogens with zero attached hydrogens (tertiary/aromatic N) is 1. The van der Waals surface area contributed by atoms with Gasteiger partial charge in [-0.2, -0.15) is 0 Å². The minimum absolute atomic E-state index is 0.0434. The van der Waals surface area contributed by atoms with Crippen LogP contribution in [0, 0.1) is 5.92 Å². The standard InChI is InChI=1S/C9H15NO3/c1-3-13-9(12)10-6-4-5-7(2)8(10)11/h7H,3-6H2,1-2H3. The fourth-order valence-electron chi connectivity index (χ4n) is 1.44. The Morgan fingerprint density at radius 1 is 1.69 bits per heavy atom. The van der Waals surface area contributed by atoms with Crippen LogP contribution in [0.2, 0.25) is 0 Å². The van der Waals surface area contributed by atoms with Gasteiger partial charge in [-0.3, -0.25) is 4.79 Å². The lowest BCUT2D eigenvalue weighted by Crippen LogP contribution is -2.44. The van der Waals surface area contributed by atoms with Gasteiger partial charge in [-0.25, -0.2) is 9.69 Å². The van der Waals surface area contributed by atoms with E-state index in [1.165, 1.54) is 4.90 Å². The summed E-state index contributed by atoms with van der Waals surface area (Å²) in [5, 5.41) is 0. The van der Waals surface area contributed by atoms with Gasteiger partial charge in [-0.15, -0.1) is 0 Å². The zero-order valence-corrected chi connectivity index (χ0v) is 8.08. The highest BCUT2D eigenvalue weighted by molar-refractivity contribution is 5.93. The lowest BCUT2D eigenvalue weighted by atomic mass is 10.00. The number of ether oxygens (including phenoxy) is 1. The van der Waals surface area contributed by atoms with Crippen molar-refractivity contribution >= 4 is 12.0 Å². The lowest BCUT2D eigenvalue weighted by Gasteiger charge is -2.27. The van der Waals surface area contributed by atoms with Crippen LogP contribution in [0.3, 0.4) is 0 Å². The van der Waals surface area contributed by atoms with E-state index in [0.717, 1.165) is 12.8 Å². The highest BCUT2D eigenvalue weighted by Gasteiger charge is 2.30. The molecule has 1 fully saturated rings. The Hall–Kier alpha value is -1.06. The number of hydrogen-bond donors (Lipinski definition) is 0. The van der Waals surface area contributed by atoms with E-state index in [0.29, 0.717) is 13.2 Å². The van der Waals surface area contributed by atoms with Crippen molar-refractivity contribution in [1.29, 1.82) is 0 Å². The average Bonchev–Trinajstić information content (AvgIpc) is 2.10. The van der Waals surface area contributed by atoms with Crippen LogP contribution in [0.4, 0.5) is 4.79 Å². The first-order valence-electron chi connectivity index (χ1n) is 4.65. The van der Waals surface area contributed by atoms with E-state index in [2.05, 4.69) is 0 Å². The highest BCUT2D eigenvalue weighted by Crippen LogP contribution is 2.17. The molecule has 1 rings (SSSR count). The number of amides is 2. The van der Waals surface area contributed by atoms with Crippen molar-refractivity contribution in [3.63, 3.8) is 0 Å². The number of likely N-dealkylation sites (tertiary alicyclic amines) is 1. The van der Waals surface area contributed by atoms with Crippen molar-refractivity contribution in [2.45, 2.75) is 26.7 Å². The second-order valence-electron chi connectivity index (χ2n) is 3.23. The van der Waals surface area contributed by atoms with Gasteiger partial charge in [0.2, 0.25) is 5.91 Å². The topological polar surface area (TPSA) is 46.6 Å². The van der Waals surface area contributed by atoms with Crippen molar-refractivity contribution in [1.82, 2.24) is 4.90 Å². The first-order valence-corrected chi connectivity index (χ1v) is 4.65. The summed E-state index contributed by atoms with van der Waals surface area (Å²) in [7, 11) is 0. The first kappa shape index (κ1) is 10.0. The van der Waals surface area contributed by atoms with Gasteiger partial charge in [-0.05, 0) is 19.8 Å². The molecule has 1 saturated heterocycles. The zero-order valence-electron chi connectivity index (χ0n) is 8.08. The molecule has 4 nitrogen and oxygen atoms in total. The van der Waals surface area contributed by atoms with E-state index in [4.69, 9.17) is 4.74 Å². The third kappa shape index (κ3) is 2.20. The van der Waals surface area contributed by atoms with Gasteiger partial charge in [0.15, 0.2) is 0 Å². The van der Waals surface area contributed by atoms with E-state index in [1.54, 1.807) is 6.92 Å². The number of imide groups is 1. The summed E-state index contributed by atoms with van der Waals surface area (Å²) in [6, 6.07) is 0. The SMILES string of the molecule is CCOC(=O)N1CCCC(C)C1=O. The normalized spacial score (nSPS) is 23.1. The average molecular weight is 185 g/mol. The van der Waals surface area contributed by atoms with Crippen LogP contribution in [-0.4, -0.2) is 30.1 Å². The van der Waals surface area contributed by atoms with E-state index < -0.39 is 6.09 Å². The Labute approximate surface area is 77.8 Å². The van der Waals surface area contributed by atoms with Crippen LogP contribution in [0.25, 0.3) is 0 Å². The Morgan fingerprint density at radius 3 is 3.00 bits per heavy atom. The van der Waals surface area contributed by atoms with Crippen molar-refractivity contribution in [3.05, 3.63) is 0 Å². The second-order valence-corrected chi connectivity index (χ2v) is 3.23. The van der Waals surface area contributed by atoms with Crippen LogP contribution in [0.1, 0.15) is 26.7 Å². The molecule has 1 heterocycles. The van der Waals surface area contributed by atoms with Gasteiger partial charge in [0.1, 0.15) is 0 Å². The maximum absolute atomic E-state index is 11.5. The molecule has 0 N–H and O–H groups in total. The van der Waals surface area contributed by atoms with Crippen molar-refractivity contribution < 1.29 is 14.3 Å². The molecule has 0 radical (unpaired) electrons. The molecule has 0 aromatic heterocycles. The summed E-state index contributed by atoms with van der Waals surface area (Å²) in [4.78, 5) is 23.9. The molecule has 0 bridgehead atoms. The number of piperidine rings is 1. The fourth-order valence-corrected chi connectivity index (χ4v) is 1.44. The third-order valence-corrected chi connectivity index (χ3v) is 2.19. The smallest absolute Gasteiger partial charge is 0.416 e. The predicted octanol–water partition coefficient (Wildman–Crippen LogP) is 1.40. The van der Waals surface area contributed by atoms with Gasteiger partial charge in [0, 0.05) is 12.5 Å². The molecule has 0 spiro atoms. The number of carbonyl (C=O) groups is 2. The van der Waals surface area contributed by atoms with E-state index in [1.807, 2.05) is 6.92 Å². The van der Waals surface area contributed by atoms with E-state index >= 15 is 0 Å². The molecule has 0 aromatic carbocycles. The molecule has 1 aliphatic rings. The molecule has 2 amide bonds. The molecule has 74 valence electrons. The molecule has 0 saturated carbocycles. The minimum atomic E-state index is -0.501. The Kier molecular flexibility index (Phi) is 3.28. The van der Waals surface area contributed by atoms with Crippen LogP contribution in [0.5, 0.6) is 0 Å². The molecule has 1 unspecified atom stereocenters. The molecule has 1 atom stereocenters. The molecule has 0 aromatic rings. The number of rotatable bonds is 1. The lowest BCUT2D eigenvalue weighted by molar-refractivity contribution is -0.135. The van der Waals surface area contributed by atoms with Crippen molar-refractivity contribution in [2.24, 2.45) is 5.92 Å². The molecular formula is C9H15NO3. The summed E-state index contributed by atoms with van der Waals surface area (Å²) < 4.78 is 4.77. The summed E-state index contributed by atoms with van der Waals surface area (Å²) in [5.41, 5.74) is 0. The van der Waals surface area contributed by atoms with Gasteiger partial charge >= 0.3 is 6.09 Å². The van der Waals surface area contributed by atoms with Gasteiger partial charge in [-0.1, -0.05) is 6.92 Å². The Morgan fingerprint density at radius 2 is 2.38 bits per heavy atom. The van der Waals surface area contributed by atoms with Crippen LogP contribution in [0.15, 0.2) is 0 Å². The van der Waals surface area contributed by atoms with E-state index in [9.17, 15) is 9.59 Å². The monoisotopic (exact) mass is 185 g/mol. The van der Waals surface area contributed by atoms with Gasteiger partial charge in [0.05, 0.1) is 6.61 Å². The summed E-state index contributed by atoms with van der Waals surface area (Å²) in [6.07, 6.45) is 1.25. The number of hydrogen-bond acceptors (Lipinski definition) is 3. The molecule has 0 aliphatic carbocycles. The number of carbonyl (C=O) groups excluding carboxylic acids is 2. The van der Waals surface area contributed by atoms with Gasteiger partial charge < -0.3 is 4.74 Å². The quantitative estimate of drug-likeness (QED) is 0.620. The van der Waals surface area contributed by atoms with Crippen LogP contribution >= 0.6 is 0 Å². The zero-order chi connectivity index (χ0) is 9.84. The van der Waals surface area contributed by atoms with Gasteiger partial charge in [0.25, 0.3) is 0 Å². The highest BCUT2D eigenvalue weighted by atomic mass is 16.6. The maximum atomic E-state index is 11.5. The minimum Gasteiger partial charge on any atom is -0.449 e. The Bertz CT molecular complexity index is 215. The summed E-state index contributed by atoms with van der Waals surface area (Å²) in [5.74, 6) is -0.150. The maximum Gasteiger partial charge on any atom is 0.416 e. The van der Waals surface area contributed by atoms with Crippen LogP contribution in [-0.2, 0) is 9.53 Å². The van der Waals surface area contributed by atoms with Crippen molar-refractivity contribution in [3.8, 4) is 0 Å². The first-order chi connectivity index (χ1) is 6.16. The summed E-state index contributed by atoms with van der Waals surface area (Å²) >= 11 is 0. The Balaban J connectivity index is 2.57. The fraction of sp³-hybridized carbons (Fsp3) is 0.778. The predicted molar refractivity (Wildman–Crippen MR) is 47.1 cm³/mol. The van der Waals surface area contributed by atoms with E-state index in [-0.39, 0.29) is 11.8 Å². The molecule has 1 aliphatic heterocycles. The molecular weight excluding hydrogens is 170 g/mol. The second kappa shape index (κ2) is 4.25. The largest absolute Gasteiger partial charge is 0.449 e. The molecule has 13 heavy (non-hydrogen) atoms. The molecule has 4 heteroatoms. The summed E-state index contributed by atoms with van der Waals surface area (Å²) in [6.45, 7) is 4.39. The third-order valence-electron chi connectivity index (χ3n) is 2.19.